The Labute approximate surface area is 101 Å². The van der Waals surface area contributed by atoms with Crippen molar-refractivity contribution >= 4 is 43.6 Å². The Morgan fingerprint density at radius 3 is 1.14 bits per heavy atom. The number of rotatable bonds is 6. The average molecular weight is 282 g/mol. The monoisotopic (exact) mass is 280 g/mol. The second kappa shape index (κ2) is 6.53. The minimum absolute atomic E-state index is 0.502. The minimum Gasteiger partial charge on any atom is -0.357 e. The van der Waals surface area contributed by atoms with E-state index in [9.17, 15) is 0 Å². The fourth-order valence-corrected chi connectivity index (χ4v) is 4.36. The van der Waals surface area contributed by atoms with Gasteiger partial charge in [-0.15, -0.1) is 0 Å². The molecule has 0 saturated carbocycles. The molecular formula is C7H15Cl3O3Si. The zero-order valence-electron chi connectivity index (χ0n) is 8.59. The highest BCUT2D eigenvalue weighted by molar-refractivity contribution is 6.60. The van der Waals surface area contributed by atoms with Gasteiger partial charge in [0.05, 0.1) is 0 Å². The van der Waals surface area contributed by atoms with Gasteiger partial charge in [0, 0.05) is 6.55 Å². The van der Waals surface area contributed by atoms with Gasteiger partial charge in [-0.3, -0.25) is 0 Å². The maximum atomic E-state index is 5.70. The van der Waals surface area contributed by atoms with Crippen molar-refractivity contribution in [3.05, 3.63) is 0 Å². The van der Waals surface area contributed by atoms with Crippen molar-refractivity contribution in [2.45, 2.75) is 44.0 Å². The third-order valence-electron chi connectivity index (χ3n) is 1.13. The normalized spacial score (nSPS) is 22.5. The largest absolute Gasteiger partial charge is 0.501 e. The van der Waals surface area contributed by atoms with Gasteiger partial charge < -0.3 is 13.3 Å². The first-order valence-electron chi connectivity index (χ1n) is 4.21. The van der Waals surface area contributed by atoms with Crippen LogP contribution in [0.3, 0.4) is 0 Å². The van der Waals surface area contributed by atoms with Crippen LogP contribution in [0, 0.1) is 0 Å². The summed E-state index contributed by atoms with van der Waals surface area (Å²) in [5.41, 5.74) is -1.51. The molecule has 0 radical (unpaired) electrons. The maximum Gasteiger partial charge on any atom is 0.501 e. The molecule has 0 aliphatic rings. The summed E-state index contributed by atoms with van der Waals surface area (Å²) >= 11 is 17.1. The van der Waals surface area contributed by atoms with E-state index in [0.717, 1.165) is 0 Å². The maximum absolute atomic E-state index is 5.70. The van der Waals surface area contributed by atoms with Crippen LogP contribution in [0.5, 0.6) is 0 Å². The first-order valence-corrected chi connectivity index (χ1v) is 7.74. The predicted octanol–water partition coefficient (Wildman–Crippen LogP) is 3.36. The van der Waals surface area contributed by atoms with Gasteiger partial charge >= 0.3 is 8.80 Å². The molecule has 0 aliphatic carbocycles. The van der Waals surface area contributed by atoms with Crippen LogP contribution in [0.4, 0.5) is 0 Å². The summed E-state index contributed by atoms with van der Waals surface area (Å²) in [5.74, 6) is 0. The molecule has 0 spiro atoms. The lowest BCUT2D eigenvalue weighted by Crippen LogP contribution is -2.46. The van der Waals surface area contributed by atoms with Crippen LogP contribution in [-0.2, 0) is 13.3 Å². The van der Waals surface area contributed by atoms with Crippen LogP contribution in [0.25, 0.3) is 0 Å². The third kappa shape index (κ3) is 7.28. The SMILES string of the molecule is CC(Cl)O[Si](C)(OC(C)Cl)OC(C)Cl. The van der Waals surface area contributed by atoms with Gasteiger partial charge in [0.2, 0.25) is 0 Å². The summed E-state index contributed by atoms with van der Waals surface area (Å²) in [7, 11) is -2.83. The first kappa shape index (κ1) is 15.0. The molecule has 0 aromatic rings. The van der Waals surface area contributed by atoms with Crippen molar-refractivity contribution in [3.8, 4) is 0 Å². The van der Waals surface area contributed by atoms with E-state index < -0.39 is 25.5 Å². The van der Waals surface area contributed by atoms with Crippen molar-refractivity contribution < 1.29 is 13.3 Å². The van der Waals surface area contributed by atoms with Crippen molar-refractivity contribution in [1.29, 1.82) is 0 Å². The molecule has 0 aromatic heterocycles. The van der Waals surface area contributed by atoms with E-state index in [1.165, 1.54) is 0 Å². The Morgan fingerprint density at radius 2 is 1.00 bits per heavy atom. The van der Waals surface area contributed by atoms with Gasteiger partial charge in [0.1, 0.15) is 16.7 Å². The van der Waals surface area contributed by atoms with Crippen LogP contribution >= 0.6 is 34.8 Å². The lowest BCUT2D eigenvalue weighted by atomic mass is 10.9. The summed E-state index contributed by atoms with van der Waals surface area (Å²) in [4.78, 5) is 0. The fraction of sp³-hybridized carbons (Fsp3) is 1.00. The fourth-order valence-electron chi connectivity index (χ4n) is 0.968. The summed E-state index contributed by atoms with van der Waals surface area (Å²) < 4.78 is 16.1. The van der Waals surface area contributed by atoms with E-state index in [4.69, 9.17) is 48.1 Å². The standard InChI is InChI=1S/C7H15Cl3O3Si/c1-5(8)11-14(4,12-6(2)9)13-7(3)10/h5-7H,1-4H3. The Bertz CT molecular complexity index is 140. The first-order chi connectivity index (χ1) is 6.25. The Morgan fingerprint density at radius 1 is 0.786 bits per heavy atom. The van der Waals surface area contributed by atoms with Gasteiger partial charge in [0.25, 0.3) is 0 Å². The molecule has 0 bridgehead atoms. The molecule has 3 atom stereocenters. The average Bonchev–Trinajstić information content (AvgIpc) is 1.76. The second-order valence-corrected chi connectivity index (χ2v) is 7.12. The Balaban J connectivity index is 4.32. The van der Waals surface area contributed by atoms with Gasteiger partial charge in [0.15, 0.2) is 0 Å². The lowest BCUT2D eigenvalue weighted by Gasteiger charge is -2.29. The predicted molar refractivity (Wildman–Crippen MR) is 60.8 cm³/mol. The lowest BCUT2D eigenvalue weighted by molar-refractivity contribution is 0.0487. The topological polar surface area (TPSA) is 27.7 Å². The Kier molecular flexibility index (Phi) is 6.98. The van der Waals surface area contributed by atoms with Gasteiger partial charge in [-0.2, -0.15) is 0 Å². The highest BCUT2D eigenvalue weighted by Gasteiger charge is 2.39. The molecule has 0 fully saturated rings. The molecule has 0 rings (SSSR count). The van der Waals surface area contributed by atoms with Crippen LogP contribution in [0.2, 0.25) is 6.55 Å². The molecule has 7 heteroatoms. The van der Waals surface area contributed by atoms with E-state index in [-0.39, 0.29) is 0 Å². The van der Waals surface area contributed by atoms with Crippen LogP contribution in [0.1, 0.15) is 20.8 Å². The molecule has 3 unspecified atom stereocenters. The zero-order valence-corrected chi connectivity index (χ0v) is 11.9. The second-order valence-electron chi connectivity index (χ2n) is 2.84. The van der Waals surface area contributed by atoms with Crippen molar-refractivity contribution in [1.82, 2.24) is 0 Å². The molecule has 0 aliphatic heterocycles. The number of hydrogen-bond acceptors (Lipinski definition) is 3. The molecule has 14 heavy (non-hydrogen) atoms. The summed E-state index contributed by atoms with van der Waals surface area (Å²) in [6.45, 7) is 6.73. The summed E-state index contributed by atoms with van der Waals surface area (Å²) in [6.07, 6.45) is 0. The van der Waals surface area contributed by atoms with E-state index in [1.54, 1.807) is 27.3 Å². The van der Waals surface area contributed by atoms with Gasteiger partial charge in [-0.05, 0) is 20.8 Å². The quantitative estimate of drug-likeness (QED) is 0.552. The van der Waals surface area contributed by atoms with E-state index in [0.29, 0.717) is 0 Å². The highest BCUT2D eigenvalue weighted by atomic mass is 35.5. The van der Waals surface area contributed by atoms with E-state index in [1.807, 2.05) is 0 Å². The molecule has 0 saturated heterocycles. The van der Waals surface area contributed by atoms with Crippen molar-refractivity contribution in [2.75, 3.05) is 0 Å². The summed E-state index contributed by atoms with van der Waals surface area (Å²) in [5, 5.41) is 0. The van der Waals surface area contributed by atoms with E-state index in [2.05, 4.69) is 0 Å². The number of halogens is 3. The van der Waals surface area contributed by atoms with E-state index >= 15 is 0 Å². The van der Waals surface area contributed by atoms with Crippen LogP contribution < -0.4 is 0 Å². The molecule has 3 nitrogen and oxygen atoms in total. The molecule has 0 amide bonds. The van der Waals surface area contributed by atoms with Gasteiger partial charge in [-0.1, -0.05) is 34.8 Å². The Hall–Kier alpha value is 0.967. The zero-order chi connectivity index (χ0) is 11.4. The van der Waals surface area contributed by atoms with Gasteiger partial charge in [-0.25, -0.2) is 0 Å². The third-order valence-corrected chi connectivity index (χ3v) is 4.19. The number of hydrogen-bond donors (Lipinski definition) is 0. The number of alkyl halides is 3. The molecular weight excluding hydrogens is 267 g/mol. The molecule has 86 valence electrons. The van der Waals surface area contributed by atoms with Crippen LogP contribution in [-0.4, -0.2) is 25.5 Å². The molecule has 0 N–H and O–H groups in total. The summed E-state index contributed by atoms with van der Waals surface area (Å²) in [6, 6.07) is 0. The minimum atomic E-state index is -2.83. The van der Waals surface area contributed by atoms with Crippen molar-refractivity contribution in [3.63, 3.8) is 0 Å². The smallest absolute Gasteiger partial charge is 0.357 e. The molecule has 0 aromatic carbocycles. The van der Waals surface area contributed by atoms with Crippen molar-refractivity contribution in [2.24, 2.45) is 0 Å². The highest BCUT2D eigenvalue weighted by Crippen LogP contribution is 2.20. The van der Waals surface area contributed by atoms with Crippen LogP contribution in [0.15, 0.2) is 0 Å². The molecule has 0 heterocycles.